The zero-order valence-electron chi connectivity index (χ0n) is 10.8. The third kappa shape index (κ3) is 1.86. The smallest absolute Gasteiger partial charge is 0.340 e. The van der Waals surface area contributed by atoms with E-state index in [1.807, 2.05) is 19.9 Å². The van der Waals surface area contributed by atoms with Crippen molar-refractivity contribution in [2.45, 2.75) is 26.8 Å². The number of aromatic nitrogens is 2. The van der Waals surface area contributed by atoms with Gasteiger partial charge in [-0.1, -0.05) is 0 Å². The molecule has 2 rings (SSSR count). The summed E-state index contributed by atoms with van der Waals surface area (Å²) in [5.41, 5.74) is 8.92. The van der Waals surface area contributed by atoms with E-state index in [9.17, 15) is 4.79 Å². The van der Waals surface area contributed by atoms with Crippen LogP contribution in [0.4, 0.5) is 0 Å². The highest BCUT2D eigenvalue weighted by Gasteiger charge is 2.23. The SMILES string of the molecule is CCOC(=O)c1c(C)c(C(C)N)n2ncccc12. The molecule has 96 valence electrons. The van der Waals surface area contributed by atoms with E-state index in [1.54, 1.807) is 23.7 Å². The van der Waals surface area contributed by atoms with Crippen LogP contribution in [-0.4, -0.2) is 22.2 Å². The summed E-state index contributed by atoms with van der Waals surface area (Å²) in [7, 11) is 0. The van der Waals surface area contributed by atoms with Crippen molar-refractivity contribution in [3.8, 4) is 0 Å². The molecule has 0 aliphatic heterocycles. The Balaban J connectivity index is 2.73. The summed E-state index contributed by atoms with van der Waals surface area (Å²) in [4.78, 5) is 12.0. The lowest BCUT2D eigenvalue weighted by Gasteiger charge is -2.06. The Hall–Kier alpha value is -1.88. The van der Waals surface area contributed by atoms with Gasteiger partial charge in [-0.15, -0.1) is 0 Å². The van der Waals surface area contributed by atoms with Crippen LogP contribution in [0.15, 0.2) is 18.3 Å². The predicted molar refractivity (Wildman–Crippen MR) is 68.5 cm³/mol. The Kier molecular flexibility index (Phi) is 3.34. The van der Waals surface area contributed by atoms with Crippen molar-refractivity contribution >= 4 is 11.5 Å². The first kappa shape index (κ1) is 12.6. The van der Waals surface area contributed by atoms with E-state index in [0.717, 1.165) is 16.8 Å². The maximum Gasteiger partial charge on any atom is 0.340 e. The number of ether oxygens (including phenoxy) is 1. The molecule has 0 saturated carbocycles. The zero-order chi connectivity index (χ0) is 13.3. The molecular weight excluding hydrogens is 230 g/mol. The summed E-state index contributed by atoms with van der Waals surface area (Å²) in [5, 5.41) is 4.26. The Morgan fingerprint density at radius 2 is 2.33 bits per heavy atom. The lowest BCUT2D eigenvalue weighted by Crippen LogP contribution is -2.11. The number of nitrogens with zero attached hydrogens (tertiary/aromatic N) is 2. The van der Waals surface area contributed by atoms with Crippen LogP contribution in [0.25, 0.3) is 5.52 Å². The van der Waals surface area contributed by atoms with Crippen LogP contribution < -0.4 is 5.73 Å². The molecular formula is C13H17N3O2. The Labute approximate surface area is 106 Å². The van der Waals surface area contributed by atoms with Crippen LogP contribution in [0.2, 0.25) is 0 Å². The maximum absolute atomic E-state index is 12.0. The van der Waals surface area contributed by atoms with E-state index < -0.39 is 0 Å². The Bertz CT molecular complexity index is 587. The monoisotopic (exact) mass is 247 g/mol. The third-order valence-corrected chi connectivity index (χ3v) is 2.90. The summed E-state index contributed by atoms with van der Waals surface area (Å²) >= 11 is 0. The van der Waals surface area contributed by atoms with Crippen molar-refractivity contribution in [2.75, 3.05) is 6.61 Å². The van der Waals surface area contributed by atoms with Gasteiger partial charge >= 0.3 is 5.97 Å². The summed E-state index contributed by atoms with van der Waals surface area (Å²) in [6.45, 7) is 5.89. The first-order valence-electron chi connectivity index (χ1n) is 5.96. The van der Waals surface area contributed by atoms with Crippen molar-refractivity contribution < 1.29 is 9.53 Å². The number of hydrogen-bond donors (Lipinski definition) is 1. The Morgan fingerprint density at radius 1 is 1.61 bits per heavy atom. The van der Waals surface area contributed by atoms with Gasteiger partial charge in [0.2, 0.25) is 0 Å². The van der Waals surface area contributed by atoms with Crippen LogP contribution in [0.1, 0.15) is 41.5 Å². The van der Waals surface area contributed by atoms with E-state index in [1.165, 1.54) is 0 Å². The number of esters is 1. The van der Waals surface area contributed by atoms with E-state index in [-0.39, 0.29) is 12.0 Å². The fourth-order valence-corrected chi connectivity index (χ4v) is 2.23. The molecule has 0 aliphatic rings. The average Bonchev–Trinajstić information content (AvgIpc) is 2.61. The zero-order valence-corrected chi connectivity index (χ0v) is 10.8. The van der Waals surface area contributed by atoms with Gasteiger partial charge in [-0.2, -0.15) is 5.10 Å². The molecule has 1 unspecified atom stereocenters. The molecule has 0 bridgehead atoms. The Morgan fingerprint density at radius 3 is 2.94 bits per heavy atom. The van der Waals surface area contributed by atoms with E-state index >= 15 is 0 Å². The normalized spacial score (nSPS) is 12.7. The molecule has 2 N–H and O–H groups in total. The summed E-state index contributed by atoms with van der Waals surface area (Å²) in [5.74, 6) is -0.326. The fourth-order valence-electron chi connectivity index (χ4n) is 2.23. The molecule has 2 heterocycles. The molecule has 1 atom stereocenters. The van der Waals surface area contributed by atoms with Crippen LogP contribution in [0.5, 0.6) is 0 Å². The van der Waals surface area contributed by atoms with Gasteiger partial charge in [-0.05, 0) is 38.5 Å². The second kappa shape index (κ2) is 4.78. The van der Waals surface area contributed by atoms with Gasteiger partial charge in [-0.25, -0.2) is 9.31 Å². The minimum absolute atomic E-state index is 0.199. The van der Waals surface area contributed by atoms with Crippen LogP contribution in [0, 0.1) is 6.92 Å². The van der Waals surface area contributed by atoms with Gasteiger partial charge in [0, 0.05) is 12.2 Å². The van der Waals surface area contributed by atoms with Crippen molar-refractivity contribution in [3.63, 3.8) is 0 Å². The van der Waals surface area contributed by atoms with Crippen molar-refractivity contribution in [1.82, 2.24) is 9.61 Å². The largest absolute Gasteiger partial charge is 0.462 e. The molecule has 5 nitrogen and oxygen atoms in total. The van der Waals surface area contributed by atoms with Gasteiger partial charge in [0.05, 0.1) is 23.4 Å². The first-order chi connectivity index (χ1) is 8.57. The van der Waals surface area contributed by atoms with E-state index in [0.29, 0.717) is 12.2 Å². The highest BCUT2D eigenvalue weighted by atomic mass is 16.5. The second-order valence-electron chi connectivity index (χ2n) is 4.22. The molecule has 0 spiro atoms. The summed E-state index contributed by atoms with van der Waals surface area (Å²) in [6, 6.07) is 3.44. The number of nitrogens with two attached hydrogens (primary N) is 1. The lowest BCUT2D eigenvalue weighted by atomic mass is 10.1. The molecule has 0 saturated heterocycles. The van der Waals surface area contributed by atoms with Gasteiger partial charge in [0.1, 0.15) is 0 Å². The predicted octanol–water partition coefficient (Wildman–Crippen LogP) is 1.84. The number of rotatable bonds is 3. The number of carbonyl (C=O) groups excluding carboxylic acids is 1. The average molecular weight is 247 g/mol. The number of fused-ring (bicyclic) bond motifs is 1. The van der Waals surface area contributed by atoms with Crippen molar-refractivity contribution in [2.24, 2.45) is 5.73 Å². The fraction of sp³-hybridized carbons (Fsp3) is 0.385. The standard InChI is InChI=1S/C13H17N3O2/c1-4-18-13(17)11-8(2)12(9(3)14)16-10(11)6-5-7-15-16/h5-7,9H,4,14H2,1-3H3. The molecule has 18 heavy (non-hydrogen) atoms. The van der Waals surface area contributed by atoms with Crippen LogP contribution >= 0.6 is 0 Å². The van der Waals surface area contributed by atoms with Gasteiger partial charge < -0.3 is 10.5 Å². The summed E-state index contributed by atoms with van der Waals surface area (Å²) in [6.07, 6.45) is 1.67. The number of carbonyl (C=O) groups is 1. The van der Waals surface area contributed by atoms with Crippen LogP contribution in [0.3, 0.4) is 0 Å². The second-order valence-corrected chi connectivity index (χ2v) is 4.22. The minimum atomic E-state index is -0.326. The van der Waals surface area contributed by atoms with Gasteiger partial charge in [0.25, 0.3) is 0 Å². The topological polar surface area (TPSA) is 69.6 Å². The molecule has 0 aromatic carbocycles. The molecule has 5 heteroatoms. The number of hydrogen-bond acceptors (Lipinski definition) is 4. The molecule has 0 aliphatic carbocycles. The quantitative estimate of drug-likeness (QED) is 0.840. The molecule has 0 amide bonds. The highest BCUT2D eigenvalue weighted by Crippen LogP contribution is 2.26. The van der Waals surface area contributed by atoms with E-state index in [2.05, 4.69) is 5.10 Å². The minimum Gasteiger partial charge on any atom is -0.462 e. The highest BCUT2D eigenvalue weighted by molar-refractivity contribution is 5.99. The summed E-state index contributed by atoms with van der Waals surface area (Å²) < 4.78 is 6.80. The first-order valence-corrected chi connectivity index (χ1v) is 5.96. The van der Waals surface area contributed by atoms with Gasteiger partial charge in [-0.3, -0.25) is 0 Å². The third-order valence-electron chi connectivity index (χ3n) is 2.90. The van der Waals surface area contributed by atoms with Crippen molar-refractivity contribution in [1.29, 1.82) is 0 Å². The van der Waals surface area contributed by atoms with Gasteiger partial charge in [0.15, 0.2) is 0 Å². The molecule has 0 fully saturated rings. The maximum atomic E-state index is 12.0. The van der Waals surface area contributed by atoms with Crippen molar-refractivity contribution in [3.05, 3.63) is 35.2 Å². The molecule has 0 radical (unpaired) electrons. The van der Waals surface area contributed by atoms with Crippen LogP contribution in [-0.2, 0) is 4.74 Å². The lowest BCUT2D eigenvalue weighted by molar-refractivity contribution is 0.0528. The molecule has 2 aromatic rings. The molecule has 2 aromatic heterocycles. The van der Waals surface area contributed by atoms with E-state index in [4.69, 9.17) is 10.5 Å².